The number of nitrogens with zero attached hydrogens (tertiary/aromatic N) is 3. The van der Waals surface area contributed by atoms with Gasteiger partial charge in [-0.3, -0.25) is 14.4 Å². The number of aromatic nitrogens is 1. The van der Waals surface area contributed by atoms with Crippen LogP contribution in [0.2, 0.25) is 0 Å². The molecule has 2 aromatic carbocycles. The minimum Gasteiger partial charge on any atom is -0.496 e. The average molecular weight is 538 g/mol. The monoisotopic (exact) mass is 537 g/mol. The first-order chi connectivity index (χ1) is 18.9. The molecule has 0 aliphatic carbocycles. The smallest absolute Gasteiger partial charge is 0.418 e. The van der Waals surface area contributed by atoms with Gasteiger partial charge in [-0.1, -0.05) is 25.5 Å². The van der Waals surface area contributed by atoms with Crippen LogP contribution in [0, 0.1) is 6.92 Å². The topological polar surface area (TPSA) is 93.5 Å². The van der Waals surface area contributed by atoms with E-state index in [1.165, 1.54) is 7.11 Å². The molecular weight excluding hydrogens is 498 g/mol. The van der Waals surface area contributed by atoms with Crippen molar-refractivity contribution in [3.8, 4) is 5.75 Å². The van der Waals surface area contributed by atoms with Gasteiger partial charge in [0.05, 0.1) is 38.5 Å². The zero-order valence-electron chi connectivity index (χ0n) is 23.3. The number of β-amino-alcohol motifs (C(OH)–C–C–N with tert-alkyl or cyclic N) is 1. The van der Waals surface area contributed by atoms with Gasteiger partial charge in [-0.2, -0.15) is 0 Å². The molecule has 39 heavy (non-hydrogen) atoms. The summed E-state index contributed by atoms with van der Waals surface area (Å²) in [4.78, 5) is 29.5. The van der Waals surface area contributed by atoms with Crippen LogP contribution < -0.4 is 4.74 Å². The zero-order valence-corrected chi connectivity index (χ0v) is 23.3. The van der Waals surface area contributed by atoms with Gasteiger partial charge in [-0.15, -0.1) is 0 Å². The van der Waals surface area contributed by atoms with Crippen molar-refractivity contribution in [1.82, 2.24) is 14.4 Å². The molecule has 1 saturated heterocycles. The van der Waals surface area contributed by atoms with Gasteiger partial charge < -0.3 is 19.3 Å². The molecule has 1 unspecified atom stereocenters. The van der Waals surface area contributed by atoms with E-state index >= 15 is 0 Å². The maximum absolute atomic E-state index is 12.9. The molecule has 9 nitrogen and oxygen atoms in total. The van der Waals surface area contributed by atoms with Crippen LogP contribution in [0.25, 0.3) is 10.9 Å². The maximum atomic E-state index is 12.9. The summed E-state index contributed by atoms with van der Waals surface area (Å²) in [6, 6.07) is 11.5. The second-order valence-corrected chi connectivity index (χ2v) is 9.91. The fourth-order valence-corrected chi connectivity index (χ4v) is 5.32. The number of hydrogen-bond acceptors (Lipinski definition) is 8. The minimum atomic E-state index is -0.376. The Kier molecular flexibility index (Phi) is 9.61. The second-order valence-electron chi connectivity index (χ2n) is 9.91. The molecule has 2 heterocycles. The number of benzene rings is 2. The largest absolute Gasteiger partial charge is 0.496 e. The fraction of sp³-hybridized carbons (Fsp3) is 0.467. The van der Waals surface area contributed by atoms with Crippen LogP contribution in [0.4, 0.5) is 4.79 Å². The van der Waals surface area contributed by atoms with Gasteiger partial charge in [0.25, 0.3) is 0 Å². The highest BCUT2D eigenvalue weighted by Gasteiger charge is 2.30. The predicted octanol–water partition coefficient (Wildman–Crippen LogP) is 4.38. The number of fused-ring (bicyclic) bond motifs is 1. The summed E-state index contributed by atoms with van der Waals surface area (Å²) in [5.41, 5.74) is 4.34. The minimum absolute atomic E-state index is 0.0270. The molecular formula is C30H39N3O6. The summed E-state index contributed by atoms with van der Waals surface area (Å²) in [7, 11) is 3.04. The van der Waals surface area contributed by atoms with Crippen molar-refractivity contribution in [2.24, 2.45) is 0 Å². The highest BCUT2D eigenvalue weighted by Crippen LogP contribution is 2.36. The number of aliphatic hydroxyl groups excluding tert-OH is 1. The Morgan fingerprint density at radius 1 is 1.10 bits per heavy atom. The average Bonchev–Trinajstić information content (AvgIpc) is 3.41. The molecule has 0 radical (unpaired) electrons. The number of hydrogen-bond donors (Lipinski definition) is 1. The second kappa shape index (κ2) is 13.1. The van der Waals surface area contributed by atoms with E-state index in [2.05, 4.69) is 16.7 Å². The summed E-state index contributed by atoms with van der Waals surface area (Å²) >= 11 is 0. The molecule has 1 aromatic heterocycles. The highest BCUT2D eigenvalue weighted by molar-refractivity contribution is 5.95. The normalized spacial score (nSPS) is 16.4. The lowest BCUT2D eigenvalue weighted by Crippen LogP contribution is -2.48. The number of aryl methyl sites for hydroxylation is 1. The van der Waals surface area contributed by atoms with Crippen molar-refractivity contribution < 1.29 is 28.9 Å². The van der Waals surface area contributed by atoms with E-state index in [-0.39, 0.29) is 24.7 Å². The van der Waals surface area contributed by atoms with Gasteiger partial charge in [0, 0.05) is 55.9 Å². The first kappa shape index (κ1) is 28.6. The molecule has 0 amide bonds. The summed E-state index contributed by atoms with van der Waals surface area (Å²) in [5.74, 6) is 0.406. The van der Waals surface area contributed by atoms with E-state index in [1.54, 1.807) is 30.0 Å². The van der Waals surface area contributed by atoms with Crippen molar-refractivity contribution >= 4 is 23.0 Å². The molecule has 1 aliphatic rings. The van der Waals surface area contributed by atoms with Gasteiger partial charge in [0.2, 0.25) is 0 Å². The molecule has 1 atom stereocenters. The molecule has 9 heteroatoms. The third-order valence-electron chi connectivity index (χ3n) is 7.44. The first-order valence-corrected chi connectivity index (χ1v) is 13.5. The first-order valence-electron chi connectivity index (χ1n) is 13.5. The number of ether oxygens (including phenoxy) is 3. The van der Waals surface area contributed by atoms with E-state index in [0.717, 1.165) is 65.8 Å². The van der Waals surface area contributed by atoms with Crippen molar-refractivity contribution in [1.29, 1.82) is 0 Å². The number of unbranched alkanes of at least 4 members (excludes halogenated alkanes) is 1. The van der Waals surface area contributed by atoms with E-state index in [0.29, 0.717) is 25.3 Å². The molecule has 4 rings (SSSR count). The Morgan fingerprint density at radius 2 is 1.87 bits per heavy atom. The maximum Gasteiger partial charge on any atom is 0.418 e. The third-order valence-corrected chi connectivity index (χ3v) is 7.44. The van der Waals surface area contributed by atoms with Crippen molar-refractivity contribution in [2.75, 3.05) is 53.6 Å². The van der Waals surface area contributed by atoms with Crippen LogP contribution in [-0.4, -0.2) is 85.1 Å². The highest BCUT2D eigenvalue weighted by atomic mass is 16.5. The van der Waals surface area contributed by atoms with Gasteiger partial charge in [-0.25, -0.2) is 9.59 Å². The zero-order chi connectivity index (χ0) is 27.9. The standard InChI is InChI=1S/C30H39N3O6/c1-5-6-17-39-30(36)33-12-11-24-25(27(37-3)18-21(2)28(24)33)19-32-14-13-31(15-16-34)20-26(32)22-7-9-23(10-8-22)29(35)38-4/h7-12,18,26,34H,5-6,13-17,19-20H2,1-4H3. The molecule has 0 spiro atoms. The fourth-order valence-electron chi connectivity index (χ4n) is 5.32. The Hall–Kier alpha value is -3.40. The van der Waals surface area contributed by atoms with E-state index in [1.807, 2.05) is 31.2 Å². The van der Waals surface area contributed by atoms with Crippen LogP contribution >= 0.6 is 0 Å². The molecule has 3 aromatic rings. The number of aliphatic hydroxyl groups is 1. The predicted molar refractivity (Wildman–Crippen MR) is 149 cm³/mol. The Bertz CT molecular complexity index is 1290. The molecule has 210 valence electrons. The van der Waals surface area contributed by atoms with Crippen LogP contribution in [0.3, 0.4) is 0 Å². The lowest BCUT2D eigenvalue weighted by Gasteiger charge is -2.42. The number of methoxy groups -OCH3 is 2. The van der Waals surface area contributed by atoms with E-state index < -0.39 is 0 Å². The van der Waals surface area contributed by atoms with Gasteiger partial charge in [-0.05, 0) is 48.7 Å². The summed E-state index contributed by atoms with van der Waals surface area (Å²) in [6.07, 6.45) is 3.18. The Labute approximate surface area is 229 Å². The van der Waals surface area contributed by atoms with Crippen molar-refractivity contribution in [2.45, 2.75) is 39.3 Å². The molecule has 1 fully saturated rings. The van der Waals surface area contributed by atoms with Crippen LogP contribution in [0.5, 0.6) is 5.75 Å². The van der Waals surface area contributed by atoms with Crippen LogP contribution in [0.15, 0.2) is 42.6 Å². The van der Waals surface area contributed by atoms with Gasteiger partial charge in [0.1, 0.15) is 5.75 Å². The molecule has 1 N–H and O–H groups in total. The Balaban J connectivity index is 1.69. The van der Waals surface area contributed by atoms with Crippen molar-refractivity contribution in [3.63, 3.8) is 0 Å². The molecule has 0 bridgehead atoms. The van der Waals surface area contributed by atoms with E-state index in [9.17, 15) is 14.7 Å². The SMILES string of the molecule is CCCCOC(=O)n1ccc2c(CN3CCN(CCO)CC3c3ccc(C(=O)OC)cc3)c(OC)cc(C)c21. The molecule has 1 aliphatic heterocycles. The number of esters is 1. The summed E-state index contributed by atoms with van der Waals surface area (Å²) in [6.45, 7) is 8.07. The van der Waals surface area contributed by atoms with Crippen LogP contribution in [-0.2, 0) is 16.0 Å². The Morgan fingerprint density at radius 3 is 2.54 bits per heavy atom. The van der Waals surface area contributed by atoms with Crippen LogP contribution in [0.1, 0.15) is 52.9 Å². The lowest BCUT2D eigenvalue weighted by molar-refractivity contribution is 0.0570. The summed E-state index contributed by atoms with van der Waals surface area (Å²) < 4.78 is 17.8. The number of piperazine rings is 1. The number of carbonyl (C=O) groups is 2. The summed E-state index contributed by atoms with van der Waals surface area (Å²) in [5, 5.41) is 10.5. The van der Waals surface area contributed by atoms with Gasteiger partial charge in [0.15, 0.2) is 0 Å². The quantitative estimate of drug-likeness (QED) is 0.301. The third kappa shape index (κ3) is 6.27. The van der Waals surface area contributed by atoms with Crippen molar-refractivity contribution in [3.05, 3.63) is 64.8 Å². The number of carbonyl (C=O) groups excluding carboxylic acids is 2. The lowest BCUT2D eigenvalue weighted by atomic mass is 9.98. The molecule has 0 saturated carbocycles. The van der Waals surface area contributed by atoms with Gasteiger partial charge >= 0.3 is 12.1 Å². The number of rotatable bonds is 10. The van der Waals surface area contributed by atoms with E-state index in [4.69, 9.17) is 14.2 Å².